The van der Waals surface area contributed by atoms with E-state index in [0.717, 1.165) is 18.4 Å². The number of aromatic nitrogens is 1. The lowest BCUT2D eigenvalue weighted by molar-refractivity contribution is -0.148. The molecule has 0 spiro atoms. The molecule has 1 N–H and O–H groups in total. The molecule has 0 unspecified atom stereocenters. The Kier molecular flexibility index (Phi) is 4.82. The van der Waals surface area contributed by atoms with Gasteiger partial charge in [-0.2, -0.15) is 0 Å². The van der Waals surface area contributed by atoms with Gasteiger partial charge in [-0.15, -0.1) is 0 Å². The number of hydrogen-bond acceptors (Lipinski definition) is 3. The minimum Gasteiger partial charge on any atom is -0.475 e. The van der Waals surface area contributed by atoms with Crippen molar-refractivity contribution < 1.29 is 14.7 Å². The molecule has 4 heteroatoms. The molecular weight excluding hydrogens is 266 g/mol. The summed E-state index contributed by atoms with van der Waals surface area (Å²) in [5.74, 6) is -2.25. The summed E-state index contributed by atoms with van der Waals surface area (Å²) < 4.78 is 0. The number of aryl methyl sites for hydroxylation is 3. The summed E-state index contributed by atoms with van der Waals surface area (Å²) in [5.41, 5.74) is 4.14. The van der Waals surface area contributed by atoms with Gasteiger partial charge < -0.3 is 5.11 Å². The summed E-state index contributed by atoms with van der Waals surface area (Å²) in [6, 6.07) is 11.9. The van der Waals surface area contributed by atoms with Crippen LogP contribution in [0.25, 0.3) is 0 Å². The largest absolute Gasteiger partial charge is 0.475 e. The third kappa shape index (κ3) is 4.24. The molecule has 0 saturated heterocycles. The number of carboxylic acid groups (broad SMARTS) is 1. The van der Waals surface area contributed by atoms with Crippen molar-refractivity contribution in [3.8, 4) is 0 Å². The fourth-order valence-electron chi connectivity index (χ4n) is 2.12. The minimum absolute atomic E-state index is 0.159. The maximum Gasteiger partial charge on any atom is 0.372 e. The first-order chi connectivity index (χ1) is 10.1. The zero-order chi connectivity index (χ0) is 15.2. The number of pyridine rings is 1. The second kappa shape index (κ2) is 6.79. The Morgan fingerprint density at radius 3 is 2.48 bits per heavy atom. The molecule has 1 aromatic carbocycles. The quantitative estimate of drug-likeness (QED) is 0.826. The number of Topliss-reactive ketones (excluding diaryl/α,β-unsaturated/α-hetero) is 1. The van der Waals surface area contributed by atoms with Gasteiger partial charge in [-0.3, -0.25) is 9.78 Å². The number of carboxylic acids is 1. The van der Waals surface area contributed by atoms with Gasteiger partial charge in [0.05, 0.1) is 6.42 Å². The first-order valence-electron chi connectivity index (χ1n) is 6.80. The molecule has 108 valence electrons. The van der Waals surface area contributed by atoms with E-state index in [2.05, 4.69) is 24.0 Å². The van der Waals surface area contributed by atoms with Crippen LogP contribution in [0, 0.1) is 6.92 Å². The highest BCUT2D eigenvalue weighted by atomic mass is 16.4. The average molecular weight is 283 g/mol. The predicted molar refractivity (Wildman–Crippen MR) is 79.2 cm³/mol. The molecule has 0 radical (unpaired) electrons. The van der Waals surface area contributed by atoms with Crippen molar-refractivity contribution in [3.05, 3.63) is 65.0 Å². The van der Waals surface area contributed by atoms with Crippen LogP contribution in [-0.2, 0) is 28.9 Å². The van der Waals surface area contributed by atoms with Gasteiger partial charge in [-0.05, 0) is 42.5 Å². The van der Waals surface area contributed by atoms with Crippen LogP contribution in [0.15, 0.2) is 42.6 Å². The molecule has 2 rings (SSSR count). The smallest absolute Gasteiger partial charge is 0.372 e. The van der Waals surface area contributed by atoms with Crippen molar-refractivity contribution in [2.24, 2.45) is 0 Å². The highest BCUT2D eigenvalue weighted by Gasteiger charge is 2.12. The van der Waals surface area contributed by atoms with Crippen LogP contribution in [0.5, 0.6) is 0 Å². The van der Waals surface area contributed by atoms with E-state index in [1.807, 2.05) is 18.2 Å². The second-order valence-electron chi connectivity index (χ2n) is 4.99. The van der Waals surface area contributed by atoms with Crippen LogP contribution in [-0.4, -0.2) is 21.8 Å². The molecule has 0 amide bonds. The molecule has 2 aromatic rings. The number of aliphatic carboxylic acids is 1. The standard InChI is InChI=1S/C17H17NO3/c1-12-4-2-3-5-14(12)8-6-13-7-9-15(18-11-13)10-16(19)17(20)21/h2-5,7,9,11H,6,8,10H2,1H3,(H,20,21). The van der Waals surface area contributed by atoms with Gasteiger partial charge in [0.2, 0.25) is 5.78 Å². The summed E-state index contributed by atoms with van der Waals surface area (Å²) in [6.45, 7) is 2.09. The maximum absolute atomic E-state index is 11.1. The molecule has 4 nitrogen and oxygen atoms in total. The fourth-order valence-corrected chi connectivity index (χ4v) is 2.12. The van der Waals surface area contributed by atoms with Gasteiger partial charge in [0, 0.05) is 11.9 Å². The van der Waals surface area contributed by atoms with Crippen molar-refractivity contribution in [2.75, 3.05) is 0 Å². The zero-order valence-corrected chi connectivity index (χ0v) is 11.9. The lowest BCUT2D eigenvalue weighted by Gasteiger charge is -2.06. The average Bonchev–Trinajstić information content (AvgIpc) is 2.48. The zero-order valence-electron chi connectivity index (χ0n) is 11.9. The van der Waals surface area contributed by atoms with Crippen molar-refractivity contribution in [1.29, 1.82) is 0 Å². The monoisotopic (exact) mass is 283 g/mol. The third-order valence-electron chi connectivity index (χ3n) is 3.41. The van der Waals surface area contributed by atoms with Crippen molar-refractivity contribution in [3.63, 3.8) is 0 Å². The Morgan fingerprint density at radius 2 is 1.86 bits per heavy atom. The van der Waals surface area contributed by atoms with Crippen LogP contribution >= 0.6 is 0 Å². The molecule has 0 fully saturated rings. The summed E-state index contributed by atoms with van der Waals surface area (Å²) >= 11 is 0. The Morgan fingerprint density at radius 1 is 1.10 bits per heavy atom. The maximum atomic E-state index is 11.1. The van der Waals surface area contributed by atoms with E-state index in [1.54, 1.807) is 12.3 Å². The Bertz CT molecular complexity index is 647. The van der Waals surface area contributed by atoms with E-state index in [4.69, 9.17) is 5.11 Å². The van der Waals surface area contributed by atoms with Crippen molar-refractivity contribution in [1.82, 2.24) is 4.98 Å². The van der Waals surface area contributed by atoms with E-state index in [1.165, 1.54) is 11.1 Å². The Balaban J connectivity index is 1.95. The topological polar surface area (TPSA) is 67.3 Å². The number of hydrogen-bond donors (Lipinski definition) is 1. The van der Waals surface area contributed by atoms with Crippen LogP contribution in [0.4, 0.5) is 0 Å². The molecule has 1 aromatic heterocycles. The second-order valence-corrected chi connectivity index (χ2v) is 4.99. The van der Waals surface area contributed by atoms with Gasteiger partial charge in [-0.25, -0.2) is 4.79 Å². The normalized spacial score (nSPS) is 10.3. The number of carbonyl (C=O) groups is 2. The van der Waals surface area contributed by atoms with Crippen LogP contribution in [0.3, 0.4) is 0 Å². The molecule has 0 saturated carbocycles. The van der Waals surface area contributed by atoms with E-state index in [9.17, 15) is 9.59 Å². The van der Waals surface area contributed by atoms with Crippen LogP contribution in [0.2, 0.25) is 0 Å². The SMILES string of the molecule is Cc1ccccc1CCc1ccc(CC(=O)C(=O)O)nc1. The van der Waals surface area contributed by atoms with Gasteiger partial charge in [0.25, 0.3) is 0 Å². The number of benzene rings is 1. The lowest BCUT2D eigenvalue weighted by atomic mass is 10.0. The number of carbonyl (C=O) groups excluding carboxylic acids is 1. The van der Waals surface area contributed by atoms with Gasteiger partial charge in [0.1, 0.15) is 0 Å². The molecule has 1 heterocycles. The van der Waals surface area contributed by atoms with Gasteiger partial charge in [0.15, 0.2) is 0 Å². The first kappa shape index (κ1) is 14.9. The van der Waals surface area contributed by atoms with E-state index in [0.29, 0.717) is 5.69 Å². The molecule has 0 aliphatic carbocycles. The first-order valence-corrected chi connectivity index (χ1v) is 6.80. The highest BCUT2D eigenvalue weighted by Crippen LogP contribution is 2.11. The van der Waals surface area contributed by atoms with Crippen LogP contribution in [0.1, 0.15) is 22.4 Å². The predicted octanol–water partition coefficient (Wildman–Crippen LogP) is 2.37. The Hall–Kier alpha value is -2.49. The molecule has 21 heavy (non-hydrogen) atoms. The molecule has 0 bridgehead atoms. The van der Waals surface area contributed by atoms with Gasteiger partial charge >= 0.3 is 5.97 Å². The van der Waals surface area contributed by atoms with Crippen molar-refractivity contribution >= 4 is 11.8 Å². The summed E-state index contributed by atoms with van der Waals surface area (Å²) in [5, 5.41) is 8.56. The van der Waals surface area contributed by atoms with E-state index in [-0.39, 0.29) is 6.42 Å². The summed E-state index contributed by atoms with van der Waals surface area (Å²) in [7, 11) is 0. The Labute approximate surface area is 123 Å². The molecule has 0 aliphatic rings. The number of nitrogens with zero attached hydrogens (tertiary/aromatic N) is 1. The fraction of sp³-hybridized carbons (Fsp3) is 0.235. The van der Waals surface area contributed by atoms with Crippen LogP contribution < -0.4 is 0 Å². The lowest BCUT2D eigenvalue weighted by Crippen LogP contribution is -2.15. The number of ketones is 1. The third-order valence-corrected chi connectivity index (χ3v) is 3.41. The molecule has 0 atom stereocenters. The summed E-state index contributed by atoms with van der Waals surface area (Å²) in [4.78, 5) is 25.7. The molecular formula is C17H17NO3. The number of rotatable bonds is 6. The highest BCUT2D eigenvalue weighted by molar-refractivity contribution is 6.33. The van der Waals surface area contributed by atoms with Gasteiger partial charge in [-0.1, -0.05) is 30.3 Å². The molecule has 0 aliphatic heterocycles. The minimum atomic E-state index is -1.42. The summed E-state index contributed by atoms with van der Waals surface area (Å²) in [6.07, 6.45) is 3.35. The van der Waals surface area contributed by atoms with E-state index >= 15 is 0 Å². The van der Waals surface area contributed by atoms with E-state index < -0.39 is 11.8 Å². The van der Waals surface area contributed by atoms with Crippen molar-refractivity contribution in [2.45, 2.75) is 26.2 Å².